The highest BCUT2D eigenvalue weighted by molar-refractivity contribution is 8.00. The Labute approximate surface area is 131 Å². The maximum absolute atomic E-state index is 6.51. The first-order valence-electron chi connectivity index (χ1n) is 7.44. The van der Waals surface area contributed by atoms with Gasteiger partial charge < -0.3 is 10.2 Å². The molecule has 0 spiro atoms. The number of rotatable bonds is 4. The maximum atomic E-state index is 6.51. The quantitative estimate of drug-likeness (QED) is 0.907. The Morgan fingerprint density at radius 1 is 1.40 bits per heavy atom. The van der Waals surface area contributed by atoms with Crippen LogP contribution in [0.15, 0.2) is 18.2 Å². The van der Waals surface area contributed by atoms with Crippen molar-refractivity contribution >= 4 is 29.1 Å². The van der Waals surface area contributed by atoms with Crippen LogP contribution in [0.25, 0.3) is 0 Å². The van der Waals surface area contributed by atoms with E-state index in [4.69, 9.17) is 11.6 Å². The molecule has 3 rings (SSSR count). The van der Waals surface area contributed by atoms with Crippen molar-refractivity contribution in [3.05, 3.63) is 28.8 Å². The van der Waals surface area contributed by atoms with Crippen LogP contribution in [0.2, 0.25) is 5.02 Å². The second-order valence-electron chi connectivity index (χ2n) is 6.47. The van der Waals surface area contributed by atoms with Gasteiger partial charge in [0.25, 0.3) is 0 Å². The molecule has 1 aliphatic carbocycles. The van der Waals surface area contributed by atoms with Crippen molar-refractivity contribution in [1.29, 1.82) is 0 Å². The molecular weight excluding hydrogens is 288 g/mol. The molecular formula is C16H23ClN2S. The van der Waals surface area contributed by atoms with Crippen molar-refractivity contribution in [2.75, 3.05) is 23.7 Å². The van der Waals surface area contributed by atoms with Gasteiger partial charge in [-0.15, -0.1) is 0 Å². The van der Waals surface area contributed by atoms with Gasteiger partial charge >= 0.3 is 0 Å². The zero-order chi connectivity index (χ0) is 14.2. The molecule has 0 aromatic heterocycles. The summed E-state index contributed by atoms with van der Waals surface area (Å²) in [6.07, 6.45) is 2.65. The first kappa shape index (κ1) is 14.6. The Morgan fingerprint density at radius 2 is 2.20 bits per heavy atom. The predicted octanol–water partition coefficient (Wildman–Crippen LogP) is 3.92. The Morgan fingerprint density at radius 3 is 2.85 bits per heavy atom. The minimum Gasteiger partial charge on any atom is -0.368 e. The lowest BCUT2D eigenvalue weighted by molar-refractivity contribution is 0.647. The third-order valence-electron chi connectivity index (χ3n) is 3.95. The molecule has 0 bridgehead atoms. The zero-order valence-corrected chi connectivity index (χ0v) is 13.9. The van der Waals surface area contributed by atoms with Crippen LogP contribution in [0.3, 0.4) is 0 Å². The highest BCUT2D eigenvalue weighted by Crippen LogP contribution is 2.35. The fourth-order valence-corrected chi connectivity index (χ4v) is 4.12. The van der Waals surface area contributed by atoms with Crippen LogP contribution in [-0.2, 0) is 6.54 Å². The van der Waals surface area contributed by atoms with Gasteiger partial charge in [-0.3, -0.25) is 0 Å². The molecule has 20 heavy (non-hydrogen) atoms. The van der Waals surface area contributed by atoms with Crippen molar-refractivity contribution in [3.8, 4) is 0 Å². The van der Waals surface area contributed by atoms with Crippen LogP contribution < -0.4 is 10.2 Å². The Kier molecular flexibility index (Phi) is 4.21. The summed E-state index contributed by atoms with van der Waals surface area (Å²) in [5.74, 6) is 1.17. The largest absolute Gasteiger partial charge is 0.368 e. The summed E-state index contributed by atoms with van der Waals surface area (Å²) >= 11 is 8.56. The lowest BCUT2D eigenvalue weighted by Gasteiger charge is -2.39. The van der Waals surface area contributed by atoms with Gasteiger partial charge in [-0.05, 0) is 44.4 Å². The topological polar surface area (TPSA) is 15.3 Å². The molecule has 0 unspecified atom stereocenters. The molecule has 2 fully saturated rings. The van der Waals surface area contributed by atoms with Crippen molar-refractivity contribution in [1.82, 2.24) is 5.32 Å². The lowest BCUT2D eigenvalue weighted by atomic mass is 10.1. The number of thioether (sulfide) groups is 1. The van der Waals surface area contributed by atoms with E-state index in [1.807, 2.05) is 0 Å². The van der Waals surface area contributed by atoms with Crippen LogP contribution in [0.5, 0.6) is 0 Å². The molecule has 110 valence electrons. The van der Waals surface area contributed by atoms with Gasteiger partial charge in [-0.25, -0.2) is 0 Å². The van der Waals surface area contributed by atoms with E-state index in [9.17, 15) is 0 Å². The standard InChI is InChI=1S/C16H23ClN2S/c1-16(2)11-19(7-8-20-16)15-6-3-12(9-14(15)17)10-18-13-4-5-13/h3,6,9,13,18H,4-5,7-8,10-11H2,1-2H3. The molecule has 0 radical (unpaired) electrons. The summed E-state index contributed by atoms with van der Waals surface area (Å²) in [6.45, 7) is 7.72. The highest BCUT2D eigenvalue weighted by atomic mass is 35.5. The smallest absolute Gasteiger partial charge is 0.0642 e. The van der Waals surface area contributed by atoms with E-state index < -0.39 is 0 Å². The van der Waals surface area contributed by atoms with E-state index in [-0.39, 0.29) is 0 Å². The minimum absolute atomic E-state index is 0.313. The van der Waals surface area contributed by atoms with Gasteiger partial charge in [0.05, 0.1) is 10.7 Å². The van der Waals surface area contributed by atoms with Gasteiger partial charge in [-0.1, -0.05) is 17.7 Å². The molecule has 1 saturated carbocycles. The highest BCUT2D eigenvalue weighted by Gasteiger charge is 2.28. The summed E-state index contributed by atoms with van der Waals surface area (Å²) in [6, 6.07) is 7.28. The average Bonchev–Trinajstić information content (AvgIpc) is 3.19. The second kappa shape index (κ2) is 5.78. The van der Waals surface area contributed by atoms with Gasteiger partial charge in [-0.2, -0.15) is 11.8 Å². The number of nitrogens with one attached hydrogen (secondary N) is 1. The van der Waals surface area contributed by atoms with E-state index in [0.717, 1.165) is 30.7 Å². The van der Waals surface area contributed by atoms with Crippen LogP contribution >= 0.6 is 23.4 Å². The fourth-order valence-electron chi connectivity index (χ4n) is 2.69. The van der Waals surface area contributed by atoms with E-state index in [2.05, 4.69) is 54.0 Å². The molecule has 1 N–H and O–H groups in total. The van der Waals surface area contributed by atoms with Crippen molar-refractivity contribution in [2.45, 2.75) is 44.0 Å². The SMILES string of the molecule is CC1(C)CN(c2ccc(CNC3CC3)cc2Cl)CCS1. The molecule has 4 heteroatoms. The van der Waals surface area contributed by atoms with E-state index in [0.29, 0.717) is 4.75 Å². The maximum Gasteiger partial charge on any atom is 0.0642 e. The molecule has 1 saturated heterocycles. The van der Waals surface area contributed by atoms with Gasteiger partial charge in [0.2, 0.25) is 0 Å². The Bertz CT molecular complexity index is 485. The summed E-state index contributed by atoms with van der Waals surface area (Å²) < 4.78 is 0.313. The van der Waals surface area contributed by atoms with Crippen molar-refractivity contribution in [2.24, 2.45) is 0 Å². The predicted molar refractivity (Wildman–Crippen MR) is 90.1 cm³/mol. The summed E-state index contributed by atoms with van der Waals surface area (Å²) in [5, 5.41) is 4.43. The second-order valence-corrected chi connectivity index (χ2v) is 8.68. The van der Waals surface area contributed by atoms with Crippen LogP contribution in [0.4, 0.5) is 5.69 Å². The van der Waals surface area contributed by atoms with Gasteiger partial charge in [0.1, 0.15) is 0 Å². The van der Waals surface area contributed by atoms with Crippen LogP contribution in [0.1, 0.15) is 32.3 Å². The van der Waals surface area contributed by atoms with E-state index >= 15 is 0 Å². The third kappa shape index (κ3) is 3.63. The summed E-state index contributed by atoms with van der Waals surface area (Å²) in [7, 11) is 0. The molecule has 2 aliphatic rings. The normalized spacial score (nSPS) is 22.1. The number of hydrogen-bond acceptors (Lipinski definition) is 3. The van der Waals surface area contributed by atoms with Gasteiger partial charge in [0.15, 0.2) is 0 Å². The third-order valence-corrected chi connectivity index (χ3v) is 5.55. The van der Waals surface area contributed by atoms with Gasteiger partial charge in [0, 0.05) is 36.2 Å². The van der Waals surface area contributed by atoms with Crippen molar-refractivity contribution in [3.63, 3.8) is 0 Å². The first-order valence-corrected chi connectivity index (χ1v) is 8.81. The van der Waals surface area contributed by atoms with Crippen LogP contribution in [-0.4, -0.2) is 29.6 Å². The Balaban J connectivity index is 1.69. The van der Waals surface area contributed by atoms with E-state index in [1.54, 1.807) is 0 Å². The number of hydrogen-bond donors (Lipinski definition) is 1. The zero-order valence-electron chi connectivity index (χ0n) is 12.3. The fraction of sp³-hybridized carbons (Fsp3) is 0.625. The molecule has 1 heterocycles. The first-order chi connectivity index (χ1) is 9.53. The molecule has 0 amide bonds. The minimum atomic E-state index is 0.313. The molecule has 0 atom stereocenters. The van der Waals surface area contributed by atoms with Crippen molar-refractivity contribution < 1.29 is 0 Å². The monoisotopic (exact) mass is 310 g/mol. The average molecular weight is 311 g/mol. The lowest BCUT2D eigenvalue weighted by Crippen LogP contribution is -2.43. The Hall–Kier alpha value is -0.380. The number of anilines is 1. The summed E-state index contributed by atoms with van der Waals surface area (Å²) in [4.78, 5) is 2.43. The van der Waals surface area contributed by atoms with E-state index in [1.165, 1.54) is 29.8 Å². The van der Waals surface area contributed by atoms with Crippen LogP contribution in [0, 0.1) is 0 Å². The number of benzene rings is 1. The number of nitrogens with zero attached hydrogens (tertiary/aromatic N) is 1. The number of halogens is 1. The molecule has 1 aliphatic heterocycles. The summed E-state index contributed by atoms with van der Waals surface area (Å²) in [5.41, 5.74) is 2.48. The molecule has 2 nitrogen and oxygen atoms in total. The molecule has 1 aromatic rings. The molecule has 1 aromatic carbocycles.